The van der Waals surface area contributed by atoms with Crippen LogP contribution in [0.1, 0.15) is 33.1 Å². The number of nitrogens with two attached hydrogens (primary N) is 1. The molecular formula is C9H18N4. The van der Waals surface area contributed by atoms with Gasteiger partial charge in [-0.1, -0.05) is 5.22 Å². The molecule has 0 aromatic rings. The van der Waals surface area contributed by atoms with Gasteiger partial charge in [-0.05, 0) is 33.1 Å². The van der Waals surface area contributed by atoms with E-state index in [4.69, 9.17) is 5.73 Å². The Morgan fingerprint density at radius 2 is 2.15 bits per heavy atom. The van der Waals surface area contributed by atoms with Crippen molar-refractivity contribution in [3.63, 3.8) is 0 Å². The van der Waals surface area contributed by atoms with Crippen LogP contribution in [0.3, 0.4) is 0 Å². The predicted molar refractivity (Wildman–Crippen MR) is 51.2 cm³/mol. The fourth-order valence-electron chi connectivity index (χ4n) is 2.26. The van der Waals surface area contributed by atoms with Gasteiger partial charge < -0.3 is 5.73 Å². The Morgan fingerprint density at radius 3 is 2.85 bits per heavy atom. The lowest BCUT2D eigenvalue weighted by atomic mass is 9.87. The van der Waals surface area contributed by atoms with Crippen molar-refractivity contribution < 1.29 is 0 Å². The monoisotopic (exact) mass is 182 g/mol. The molecule has 2 rings (SSSR count). The molecule has 0 spiro atoms. The zero-order chi connectivity index (χ0) is 9.42. The van der Waals surface area contributed by atoms with Gasteiger partial charge in [0, 0.05) is 12.1 Å². The van der Waals surface area contributed by atoms with E-state index in [1.165, 1.54) is 0 Å². The maximum absolute atomic E-state index is 5.94. The summed E-state index contributed by atoms with van der Waals surface area (Å²) in [4.78, 5) is 0. The summed E-state index contributed by atoms with van der Waals surface area (Å²) in [6.45, 7) is 4.31. The van der Waals surface area contributed by atoms with Crippen LogP contribution in [0, 0.1) is 0 Å². The molecule has 0 aromatic heterocycles. The molecule has 4 heteroatoms. The molecule has 1 aliphatic heterocycles. The molecule has 2 N–H and O–H groups in total. The fraction of sp³-hybridized carbons (Fsp3) is 1.00. The maximum Gasteiger partial charge on any atom is 0.0951 e. The topological polar surface area (TPSA) is 54.0 Å². The van der Waals surface area contributed by atoms with Crippen molar-refractivity contribution in [1.29, 1.82) is 0 Å². The molecule has 0 aromatic carbocycles. The lowest BCUT2D eigenvalue weighted by Crippen LogP contribution is -2.46. The molecule has 4 nitrogen and oxygen atoms in total. The predicted octanol–water partition coefficient (Wildman–Crippen LogP) is 1.33. The summed E-state index contributed by atoms with van der Waals surface area (Å²) in [6.07, 6.45) is 3.26. The highest BCUT2D eigenvalue weighted by molar-refractivity contribution is 4.94. The summed E-state index contributed by atoms with van der Waals surface area (Å²) < 4.78 is 0. The first-order valence-corrected chi connectivity index (χ1v) is 5.13. The van der Waals surface area contributed by atoms with Crippen LogP contribution in [-0.4, -0.2) is 29.2 Å². The molecule has 3 atom stereocenters. The van der Waals surface area contributed by atoms with Crippen LogP contribution in [-0.2, 0) is 0 Å². The van der Waals surface area contributed by atoms with Gasteiger partial charge in [0.05, 0.1) is 12.1 Å². The first-order chi connectivity index (χ1) is 6.18. The SMILES string of the molecule is CC(C)N1N=NC2CCC(N)CC21. The standard InChI is InChI=1S/C9H18N4/c1-6(2)13-9-5-7(10)3-4-8(9)11-12-13/h6-9H,3-5,10H2,1-2H3. The zero-order valence-electron chi connectivity index (χ0n) is 8.35. The second-order valence-corrected chi connectivity index (χ2v) is 4.39. The summed E-state index contributed by atoms with van der Waals surface area (Å²) in [7, 11) is 0. The second kappa shape index (κ2) is 3.25. The second-order valence-electron chi connectivity index (χ2n) is 4.39. The Bertz CT molecular complexity index is 214. The Morgan fingerprint density at radius 1 is 1.38 bits per heavy atom. The average Bonchev–Trinajstić information content (AvgIpc) is 2.46. The van der Waals surface area contributed by atoms with Gasteiger partial charge in [0.1, 0.15) is 0 Å². The van der Waals surface area contributed by atoms with E-state index in [0.29, 0.717) is 24.2 Å². The molecule has 2 aliphatic rings. The average molecular weight is 182 g/mol. The Kier molecular flexibility index (Phi) is 2.24. The van der Waals surface area contributed by atoms with E-state index in [1.54, 1.807) is 0 Å². The van der Waals surface area contributed by atoms with E-state index < -0.39 is 0 Å². The van der Waals surface area contributed by atoms with E-state index in [2.05, 4.69) is 29.2 Å². The van der Waals surface area contributed by atoms with E-state index in [1.807, 2.05) is 0 Å². The van der Waals surface area contributed by atoms with Crippen LogP contribution in [0.4, 0.5) is 0 Å². The van der Waals surface area contributed by atoms with E-state index in [0.717, 1.165) is 19.3 Å². The number of nitrogens with zero attached hydrogens (tertiary/aromatic N) is 3. The summed E-state index contributed by atoms with van der Waals surface area (Å²) in [5.74, 6) is 0. The minimum Gasteiger partial charge on any atom is -0.328 e. The molecule has 1 aliphatic carbocycles. The van der Waals surface area contributed by atoms with Gasteiger partial charge >= 0.3 is 0 Å². The third-order valence-corrected chi connectivity index (χ3v) is 2.99. The molecule has 0 radical (unpaired) electrons. The summed E-state index contributed by atoms with van der Waals surface area (Å²) in [5, 5.41) is 10.6. The van der Waals surface area contributed by atoms with Crippen LogP contribution in [0.2, 0.25) is 0 Å². The van der Waals surface area contributed by atoms with Crippen LogP contribution in [0.5, 0.6) is 0 Å². The molecule has 1 saturated carbocycles. The van der Waals surface area contributed by atoms with Crippen molar-refractivity contribution in [1.82, 2.24) is 5.01 Å². The molecule has 0 amide bonds. The fourth-order valence-corrected chi connectivity index (χ4v) is 2.26. The highest BCUT2D eigenvalue weighted by atomic mass is 15.6. The van der Waals surface area contributed by atoms with Crippen molar-refractivity contribution in [2.75, 3.05) is 0 Å². The van der Waals surface area contributed by atoms with Crippen LogP contribution in [0.15, 0.2) is 10.3 Å². The van der Waals surface area contributed by atoms with Crippen LogP contribution >= 0.6 is 0 Å². The zero-order valence-corrected chi connectivity index (χ0v) is 8.35. The highest BCUT2D eigenvalue weighted by Gasteiger charge is 2.38. The van der Waals surface area contributed by atoms with Crippen LogP contribution < -0.4 is 5.73 Å². The summed E-state index contributed by atoms with van der Waals surface area (Å²) in [5.41, 5.74) is 5.94. The van der Waals surface area contributed by atoms with Crippen molar-refractivity contribution >= 4 is 0 Å². The van der Waals surface area contributed by atoms with E-state index in [9.17, 15) is 0 Å². The molecule has 0 bridgehead atoms. The van der Waals surface area contributed by atoms with Gasteiger partial charge in [-0.15, -0.1) is 0 Å². The largest absolute Gasteiger partial charge is 0.328 e. The van der Waals surface area contributed by atoms with Gasteiger partial charge in [-0.25, -0.2) is 0 Å². The minimum atomic E-state index is 0.353. The normalized spacial score (nSPS) is 38.5. The lowest BCUT2D eigenvalue weighted by molar-refractivity contribution is 0.139. The number of hydrogen-bond acceptors (Lipinski definition) is 4. The van der Waals surface area contributed by atoms with E-state index in [-0.39, 0.29) is 0 Å². The Balaban J connectivity index is 2.06. The molecule has 13 heavy (non-hydrogen) atoms. The summed E-state index contributed by atoms with van der Waals surface area (Å²) >= 11 is 0. The smallest absolute Gasteiger partial charge is 0.0951 e. The van der Waals surface area contributed by atoms with Crippen molar-refractivity contribution in [3.05, 3.63) is 0 Å². The molecule has 3 unspecified atom stereocenters. The number of rotatable bonds is 1. The molecular weight excluding hydrogens is 164 g/mol. The van der Waals surface area contributed by atoms with Gasteiger partial charge in [-0.3, -0.25) is 5.01 Å². The third-order valence-electron chi connectivity index (χ3n) is 2.99. The molecule has 0 saturated heterocycles. The Labute approximate surface area is 79.2 Å². The molecule has 74 valence electrons. The number of fused-ring (bicyclic) bond motifs is 1. The lowest BCUT2D eigenvalue weighted by Gasteiger charge is -2.34. The van der Waals surface area contributed by atoms with Crippen molar-refractivity contribution in [3.8, 4) is 0 Å². The van der Waals surface area contributed by atoms with E-state index >= 15 is 0 Å². The van der Waals surface area contributed by atoms with Gasteiger partial charge in [0.25, 0.3) is 0 Å². The van der Waals surface area contributed by atoms with Gasteiger partial charge in [0.15, 0.2) is 0 Å². The number of hydrogen-bond donors (Lipinski definition) is 1. The third kappa shape index (κ3) is 1.55. The van der Waals surface area contributed by atoms with Crippen molar-refractivity contribution in [2.45, 2.75) is 57.3 Å². The maximum atomic E-state index is 5.94. The quantitative estimate of drug-likeness (QED) is 0.665. The highest BCUT2D eigenvalue weighted by Crippen LogP contribution is 2.31. The Hall–Kier alpha value is -0.640. The molecule has 1 heterocycles. The van der Waals surface area contributed by atoms with Crippen LogP contribution in [0.25, 0.3) is 0 Å². The summed E-state index contributed by atoms with van der Waals surface area (Å²) in [6, 6.07) is 1.70. The van der Waals surface area contributed by atoms with Gasteiger partial charge in [0.2, 0.25) is 0 Å². The minimum absolute atomic E-state index is 0.353. The van der Waals surface area contributed by atoms with Gasteiger partial charge in [-0.2, -0.15) is 5.11 Å². The van der Waals surface area contributed by atoms with Crippen molar-refractivity contribution in [2.24, 2.45) is 16.1 Å². The first-order valence-electron chi connectivity index (χ1n) is 5.13. The molecule has 1 fully saturated rings. The first kappa shape index (κ1) is 8.94.